The van der Waals surface area contributed by atoms with E-state index in [1.54, 1.807) is 12.1 Å². The lowest BCUT2D eigenvalue weighted by Crippen LogP contribution is -2.35. The van der Waals surface area contributed by atoms with E-state index in [-0.39, 0.29) is 18.2 Å². The van der Waals surface area contributed by atoms with E-state index in [2.05, 4.69) is 21.2 Å². The van der Waals surface area contributed by atoms with Crippen molar-refractivity contribution in [2.75, 3.05) is 6.54 Å². The van der Waals surface area contributed by atoms with Crippen LogP contribution in [0.4, 0.5) is 0 Å². The van der Waals surface area contributed by atoms with Crippen LogP contribution in [0.25, 0.3) is 0 Å². The summed E-state index contributed by atoms with van der Waals surface area (Å²) in [4.78, 5) is 23.7. The Morgan fingerprint density at radius 3 is 2.44 bits per heavy atom. The van der Waals surface area contributed by atoms with Gasteiger partial charge in [-0.05, 0) is 24.6 Å². The van der Waals surface area contributed by atoms with E-state index in [9.17, 15) is 9.59 Å². The molecule has 0 aliphatic heterocycles. The van der Waals surface area contributed by atoms with Crippen molar-refractivity contribution in [3.63, 3.8) is 0 Å². The minimum absolute atomic E-state index is 0.0171. The van der Waals surface area contributed by atoms with Crippen LogP contribution >= 0.6 is 15.9 Å². The number of carbonyl (C=O) groups excluding carboxylic acids is 2. The summed E-state index contributed by atoms with van der Waals surface area (Å²) in [5.41, 5.74) is 1.03. The molecule has 0 aromatic heterocycles. The monoisotopic (exact) mass is 311 g/mol. The van der Waals surface area contributed by atoms with E-state index in [0.29, 0.717) is 5.56 Å². The molecule has 3 nitrogen and oxygen atoms in total. The van der Waals surface area contributed by atoms with Gasteiger partial charge in [-0.1, -0.05) is 42.8 Å². The number of rotatable bonds is 3. The lowest BCUT2D eigenvalue weighted by molar-refractivity contribution is -0.125. The first-order valence-corrected chi connectivity index (χ1v) is 6.59. The number of carbonyl (C=O) groups is 2. The minimum Gasteiger partial charge on any atom is -0.345 e. The molecule has 1 rings (SSSR count). The summed E-state index contributed by atoms with van der Waals surface area (Å²) in [6.45, 7) is 7.45. The van der Waals surface area contributed by atoms with Crippen LogP contribution in [0.5, 0.6) is 0 Å². The van der Waals surface area contributed by atoms with Gasteiger partial charge in [0.1, 0.15) is 0 Å². The smallest absolute Gasteiger partial charge is 0.251 e. The van der Waals surface area contributed by atoms with Crippen LogP contribution < -0.4 is 5.32 Å². The fourth-order valence-corrected chi connectivity index (χ4v) is 1.74. The molecule has 0 radical (unpaired) electrons. The SMILES string of the molecule is Cc1c(Br)cccc1C(=O)NCC(=O)C(C)(C)C. The van der Waals surface area contributed by atoms with Gasteiger partial charge in [0.15, 0.2) is 5.78 Å². The number of nitrogens with one attached hydrogen (secondary N) is 1. The molecule has 1 amide bonds. The van der Waals surface area contributed by atoms with Crippen molar-refractivity contribution in [2.24, 2.45) is 5.41 Å². The summed E-state index contributed by atoms with van der Waals surface area (Å²) < 4.78 is 0.886. The number of Topliss-reactive ketones (excluding diaryl/α,β-unsaturated/α-hetero) is 1. The zero-order valence-corrected chi connectivity index (χ0v) is 12.7. The molecular weight excluding hydrogens is 294 g/mol. The summed E-state index contributed by atoms with van der Waals surface area (Å²) in [5.74, 6) is -0.199. The van der Waals surface area contributed by atoms with E-state index in [0.717, 1.165) is 10.0 Å². The zero-order valence-electron chi connectivity index (χ0n) is 11.1. The summed E-state index contributed by atoms with van der Waals surface area (Å²) in [7, 11) is 0. The molecule has 1 aromatic rings. The van der Waals surface area contributed by atoms with E-state index < -0.39 is 5.41 Å². The van der Waals surface area contributed by atoms with Crippen molar-refractivity contribution >= 4 is 27.6 Å². The van der Waals surface area contributed by atoms with Gasteiger partial charge in [0, 0.05) is 15.5 Å². The number of amides is 1. The molecule has 0 aliphatic carbocycles. The maximum absolute atomic E-state index is 12.0. The highest BCUT2D eigenvalue weighted by atomic mass is 79.9. The summed E-state index contributed by atoms with van der Waals surface area (Å²) in [6.07, 6.45) is 0. The average Bonchev–Trinajstić information content (AvgIpc) is 2.27. The standard InChI is InChI=1S/C14H18BrNO2/c1-9-10(6-5-7-11(9)15)13(18)16-8-12(17)14(2,3)4/h5-7H,8H2,1-4H3,(H,16,18). The highest BCUT2D eigenvalue weighted by Crippen LogP contribution is 2.19. The summed E-state index contributed by atoms with van der Waals surface area (Å²) in [6, 6.07) is 5.43. The molecule has 0 spiro atoms. The molecule has 0 atom stereocenters. The third kappa shape index (κ3) is 3.67. The maximum Gasteiger partial charge on any atom is 0.251 e. The quantitative estimate of drug-likeness (QED) is 0.932. The lowest BCUT2D eigenvalue weighted by atomic mass is 9.91. The molecule has 1 N–H and O–H groups in total. The molecule has 0 fully saturated rings. The Labute approximate surface area is 116 Å². The molecule has 0 bridgehead atoms. The number of ketones is 1. The van der Waals surface area contributed by atoms with Crippen molar-refractivity contribution in [3.8, 4) is 0 Å². The van der Waals surface area contributed by atoms with Gasteiger partial charge in [0.25, 0.3) is 5.91 Å². The first-order chi connectivity index (χ1) is 8.23. The summed E-state index contributed by atoms with van der Waals surface area (Å²) in [5, 5.41) is 2.66. The van der Waals surface area contributed by atoms with E-state index in [1.807, 2.05) is 33.8 Å². The molecule has 0 unspecified atom stereocenters. The largest absolute Gasteiger partial charge is 0.345 e. The van der Waals surface area contributed by atoms with Gasteiger partial charge in [0.2, 0.25) is 0 Å². The Morgan fingerprint density at radius 2 is 1.89 bits per heavy atom. The molecular formula is C14H18BrNO2. The number of halogens is 1. The molecule has 0 heterocycles. The number of hydrogen-bond donors (Lipinski definition) is 1. The van der Waals surface area contributed by atoms with Gasteiger partial charge in [-0.3, -0.25) is 9.59 Å². The Hall–Kier alpha value is -1.16. The lowest BCUT2D eigenvalue weighted by Gasteiger charge is -2.17. The predicted octanol–water partition coefficient (Wildman–Crippen LogP) is 3.10. The van der Waals surface area contributed by atoms with Gasteiger partial charge in [-0.15, -0.1) is 0 Å². The van der Waals surface area contributed by atoms with Crippen molar-refractivity contribution in [1.82, 2.24) is 5.32 Å². The first-order valence-electron chi connectivity index (χ1n) is 5.80. The third-order valence-corrected chi connectivity index (χ3v) is 3.62. The van der Waals surface area contributed by atoms with Gasteiger partial charge in [-0.2, -0.15) is 0 Å². The second-order valence-corrected chi connectivity index (χ2v) is 6.12. The maximum atomic E-state index is 12.0. The second kappa shape index (κ2) is 5.65. The van der Waals surface area contributed by atoms with Gasteiger partial charge in [0.05, 0.1) is 6.54 Å². The predicted molar refractivity (Wildman–Crippen MR) is 75.7 cm³/mol. The van der Waals surface area contributed by atoms with Crippen LogP contribution in [-0.2, 0) is 4.79 Å². The highest BCUT2D eigenvalue weighted by Gasteiger charge is 2.21. The van der Waals surface area contributed by atoms with Gasteiger partial charge in [-0.25, -0.2) is 0 Å². The van der Waals surface area contributed by atoms with Crippen LogP contribution in [0.1, 0.15) is 36.7 Å². The van der Waals surface area contributed by atoms with E-state index in [4.69, 9.17) is 0 Å². The molecule has 98 valence electrons. The van der Waals surface area contributed by atoms with E-state index >= 15 is 0 Å². The van der Waals surface area contributed by atoms with Gasteiger partial charge < -0.3 is 5.32 Å². The molecule has 0 saturated heterocycles. The Morgan fingerprint density at radius 1 is 1.28 bits per heavy atom. The Bertz CT molecular complexity index is 475. The van der Waals surface area contributed by atoms with E-state index in [1.165, 1.54) is 0 Å². The second-order valence-electron chi connectivity index (χ2n) is 5.27. The van der Waals surface area contributed by atoms with Crippen LogP contribution in [0.15, 0.2) is 22.7 Å². The first kappa shape index (κ1) is 14.9. The topological polar surface area (TPSA) is 46.2 Å². The van der Waals surface area contributed by atoms with Crippen molar-refractivity contribution in [3.05, 3.63) is 33.8 Å². The number of hydrogen-bond acceptors (Lipinski definition) is 2. The van der Waals surface area contributed by atoms with Crippen LogP contribution in [0.3, 0.4) is 0 Å². The average molecular weight is 312 g/mol. The zero-order chi connectivity index (χ0) is 13.9. The van der Waals surface area contributed by atoms with Crippen LogP contribution in [-0.4, -0.2) is 18.2 Å². The highest BCUT2D eigenvalue weighted by molar-refractivity contribution is 9.10. The molecule has 4 heteroatoms. The Balaban J connectivity index is 2.73. The van der Waals surface area contributed by atoms with Crippen LogP contribution in [0, 0.1) is 12.3 Å². The van der Waals surface area contributed by atoms with Crippen molar-refractivity contribution < 1.29 is 9.59 Å². The molecule has 0 saturated carbocycles. The third-order valence-electron chi connectivity index (χ3n) is 2.76. The normalized spacial score (nSPS) is 11.2. The number of benzene rings is 1. The van der Waals surface area contributed by atoms with Gasteiger partial charge >= 0.3 is 0 Å². The molecule has 1 aromatic carbocycles. The minimum atomic E-state index is -0.431. The van der Waals surface area contributed by atoms with Crippen molar-refractivity contribution in [1.29, 1.82) is 0 Å². The fraction of sp³-hybridized carbons (Fsp3) is 0.429. The van der Waals surface area contributed by atoms with Crippen LogP contribution in [0.2, 0.25) is 0 Å². The molecule has 18 heavy (non-hydrogen) atoms. The Kier molecular flexibility index (Phi) is 4.68. The van der Waals surface area contributed by atoms with Crippen molar-refractivity contribution in [2.45, 2.75) is 27.7 Å². The summed E-state index contributed by atoms with van der Waals surface area (Å²) >= 11 is 3.38. The molecule has 0 aliphatic rings. The fourth-order valence-electron chi connectivity index (χ4n) is 1.37.